The standard InChI is InChI=1S/Li.H7NOSi3/c;1-5(2)4-3/h;1,4H2,3H3. The fourth-order valence-corrected chi connectivity index (χ4v) is 0. The number of hydrogen-bond donors (Lipinski definition) is 1. The molecule has 0 aliphatic rings. The van der Waals surface area contributed by atoms with E-state index in [1.807, 2.05) is 0 Å². The summed E-state index contributed by atoms with van der Waals surface area (Å²) >= 11 is 0. The van der Waals surface area contributed by atoms with E-state index in [1.165, 1.54) is 0 Å². The number of nitrogens with two attached hydrogens (primary N) is 1. The smallest absolute Gasteiger partial charge is 0.350 e. The second kappa shape index (κ2) is 5.85. The maximum atomic E-state index is 9.87. The minimum Gasteiger partial charge on any atom is -0.406 e. The molecule has 0 rings (SSSR count). The summed E-state index contributed by atoms with van der Waals surface area (Å²) in [5.41, 5.74) is 0. The first kappa shape index (κ1) is 9.96. The molecule has 6 heteroatoms. The quantitative estimate of drug-likeness (QED) is 0.371. The molecule has 6 heavy (non-hydrogen) atoms. The minimum atomic E-state index is -1.42. The first-order chi connectivity index (χ1) is 2.27. The van der Waals surface area contributed by atoms with E-state index in [-0.39, 0.29) is 27.4 Å². The molecule has 31 valence electrons. The molecule has 1 radical (unpaired) electrons. The third kappa shape index (κ3) is 8.85. The van der Waals surface area contributed by atoms with Gasteiger partial charge in [-0.15, -0.1) is 0 Å². The van der Waals surface area contributed by atoms with Crippen molar-refractivity contribution in [1.82, 2.24) is 0 Å². The molecular formula is H7LiNOSi3. The molecule has 0 atom stereocenters. The van der Waals surface area contributed by atoms with Gasteiger partial charge in [0.1, 0.15) is 0 Å². The van der Waals surface area contributed by atoms with Gasteiger partial charge in [0.15, 0.2) is 0 Å². The van der Waals surface area contributed by atoms with Gasteiger partial charge < -0.3 is 9.86 Å². The SMILES string of the molecule is N[Si](=O)[SiH2][SiH3].[Li]. The molecule has 0 saturated heterocycles. The summed E-state index contributed by atoms with van der Waals surface area (Å²) in [5, 5.41) is 4.93. The van der Waals surface area contributed by atoms with Crippen LogP contribution < -0.4 is 5.40 Å². The van der Waals surface area contributed by atoms with Crippen LogP contribution in [0.1, 0.15) is 0 Å². The zero-order valence-corrected chi connectivity index (χ0v) is 8.61. The number of hydrogen-bond acceptors (Lipinski definition) is 1. The van der Waals surface area contributed by atoms with Gasteiger partial charge >= 0.3 is 8.36 Å². The molecule has 0 aliphatic carbocycles. The van der Waals surface area contributed by atoms with Gasteiger partial charge in [-0.05, 0) is 9.76 Å². The second-order valence-corrected chi connectivity index (χ2v) is 13.0. The third-order valence-electron chi connectivity index (χ3n) is 0.348. The topological polar surface area (TPSA) is 43.1 Å². The van der Waals surface area contributed by atoms with Gasteiger partial charge in [-0.2, -0.15) is 0 Å². The molecule has 0 aromatic carbocycles. The Balaban J connectivity index is 0. The summed E-state index contributed by atoms with van der Waals surface area (Å²) in [6.45, 7) is 0. The molecule has 0 fully saturated rings. The van der Waals surface area contributed by atoms with E-state index in [4.69, 9.17) is 5.40 Å². The first-order valence-electron chi connectivity index (χ1n) is 1.55. The zero-order valence-electron chi connectivity index (χ0n) is 4.19. The van der Waals surface area contributed by atoms with Crippen molar-refractivity contribution in [2.75, 3.05) is 0 Å². The van der Waals surface area contributed by atoms with E-state index >= 15 is 0 Å². The van der Waals surface area contributed by atoms with Gasteiger partial charge in [-0.3, -0.25) is 0 Å². The van der Waals surface area contributed by atoms with Crippen molar-refractivity contribution in [1.29, 1.82) is 0 Å². The Morgan fingerprint density at radius 1 is 1.83 bits per heavy atom. The maximum absolute atomic E-state index is 9.87. The van der Waals surface area contributed by atoms with Crippen molar-refractivity contribution in [2.24, 2.45) is 5.40 Å². The van der Waals surface area contributed by atoms with Crippen molar-refractivity contribution in [3.8, 4) is 0 Å². The molecule has 0 heterocycles. The Bertz CT molecular complexity index is 46.1. The summed E-state index contributed by atoms with van der Waals surface area (Å²) in [7, 11) is -0.492. The molecule has 2 nitrogen and oxygen atoms in total. The van der Waals surface area contributed by atoms with Crippen LogP contribution in [-0.2, 0) is 4.46 Å². The molecule has 0 aliphatic heterocycles. The second-order valence-electron chi connectivity index (χ2n) is 0.820. The molecule has 0 bridgehead atoms. The van der Waals surface area contributed by atoms with Crippen LogP contribution >= 0.6 is 0 Å². The normalized spacial score (nSPS) is 8.67. The zero-order chi connectivity index (χ0) is 4.28. The van der Waals surface area contributed by atoms with Crippen LogP contribution in [0.2, 0.25) is 0 Å². The van der Waals surface area contributed by atoms with E-state index < -0.39 is 8.36 Å². The van der Waals surface area contributed by atoms with Gasteiger partial charge in [-0.25, -0.2) is 0 Å². The Morgan fingerprint density at radius 2 is 2.00 bits per heavy atom. The molecule has 0 saturated carbocycles. The minimum absolute atomic E-state index is 0. The molecule has 0 unspecified atom stereocenters. The fraction of sp³-hybridized carbons (Fsp3) is 0. The van der Waals surface area contributed by atoms with Crippen LogP contribution in [0.25, 0.3) is 0 Å². The summed E-state index contributed by atoms with van der Waals surface area (Å²) in [6, 6.07) is 0. The van der Waals surface area contributed by atoms with E-state index in [0.29, 0.717) is 0 Å². The largest absolute Gasteiger partial charge is 0.406 e. The van der Waals surface area contributed by atoms with Crippen molar-refractivity contribution in [2.45, 2.75) is 0 Å². The van der Waals surface area contributed by atoms with Gasteiger partial charge in [-0.1, -0.05) is 0 Å². The Labute approximate surface area is 55.6 Å². The predicted octanol–water partition coefficient (Wildman–Crippen LogP) is -3.57. The average molecular weight is 128 g/mol. The van der Waals surface area contributed by atoms with Crippen molar-refractivity contribution in [3.05, 3.63) is 0 Å². The van der Waals surface area contributed by atoms with Crippen molar-refractivity contribution in [3.63, 3.8) is 0 Å². The Kier molecular flexibility index (Phi) is 9.71. The van der Waals surface area contributed by atoms with Crippen molar-refractivity contribution < 1.29 is 4.46 Å². The molecular weight excluding hydrogens is 121 g/mol. The van der Waals surface area contributed by atoms with Gasteiger partial charge in [0, 0.05) is 18.9 Å². The van der Waals surface area contributed by atoms with E-state index in [2.05, 4.69) is 0 Å². The first-order valence-corrected chi connectivity index (χ1v) is 11.0. The number of rotatable bonds is 1. The van der Waals surface area contributed by atoms with Crippen LogP contribution in [-0.4, -0.2) is 45.5 Å². The van der Waals surface area contributed by atoms with E-state index in [1.54, 1.807) is 0 Å². The van der Waals surface area contributed by atoms with Crippen LogP contribution in [0.15, 0.2) is 0 Å². The van der Waals surface area contributed by atoms with Gasteiger partial charge in [0.2, 0.25) is 0 Å². The Hall–Kier alpha value is 0.848. The van der Waals surface area contributed by atoms with Crippen molar-refractivity contribution >= 4 is 45.5 Å². The summed E-state index contributed by atoms with van der Waals surface area (Å²) in [6.07, 6.45) is 0. The molecule has 2 N–H and O–H groups in total. The molecule has 0 aromatic rings. The van der Waals surface area contributed by atoms with Crippen LogP contribution in [0, 0.1) is 0 Å². The van der Waals surface area contributed by atoms with E-state index in [0.717, 1.165) is 9.76 Å². The van der Waals surface area contributed by atoms with Crippen LogP contribution in [0.5, 0.6) is 0 Å². The molecule has 0 spiro atoms. The molecule has 0 aromatic heterocycles. The van der Waals surface area contributed by atoms with Crippen LogP contribution in [0.4, 0.5) is 0 Å². The Morgan fingerprint density at radius 3 is 2.00 bits per heavy atom. The third-order valence-corrected chi connectivity index (χ3v) is 9.41. The predicted molar refractivity (Wildman–Crippen MR) is 34.9 cm³/mol. The maximum Gasteiger partial charge on any atom is 0.350 e. The van der Waals surface area contributed by atoms with Gasteiger partial charge in [0.25, 0.3) is 0 Å². The average Bonchev–Trinajstić information content (AvgIpc) is 1.38. The van der Waals surface area contributed by atoms with Crippen LogP contribution in [0.3, 0.4) is 0 Å². The summed E-state index contributed by atoms with van der Waals surface area (Å²) < 4.78 is 9.87. The van der Waals surface area contributed by atoms with Gasteiger partial charge in [0.05, 0.1) is 8.55 Å². The summed E-state index contributed by atoms with van der Waals surface area (Å²) in [4.78, 5) is 0. The van der Waals surface area contributed by atoms with E-state index in [9.17, 15) is 4.46 Å². The summed E-state index contributed by atoms with van der Waals surface area (Å²) in [5.74, 6) is 0. The fourth-order valence-electron chi connectivity index (χ4n) is 0. The monoisotopic (exact) mass is 128 g/mol. The molecule has 0 amide bonds.